The Morgan fingerprint density at radius 3 is 2.52 bits per heavy atom. The van der Waals surface area contributed by atoms with Gasteiger partial charge in [-0.15, -0.1) is 0 Å². The quantitative estimate of drug-likeness (QED) is 0.779. The fourth-order valence-electron chi connectivity index (χ4n) is 3.91. The lowest BCUT2D eigenvalue weighted by Crippen LogP contribution is -2.39. The van der Waals surface area contributed by atoms with E-state index in [2.05, 4.69) is 24.0 Å². The number of Topliss-reactive ketones (excluding diaryl/α,β-unsaturated/α-hetero) is 1. The van der Waals surface area contributed by atoms with E-state index in [0.29, 0.717) is 24.3 Å². The Hall–Kier alpha value is -2.23. The molecule has 1 aliphatic carbocycles. The molecule has 4 nitrogen and oxygen atoms in total. The number of benzene rings is 1. The molecular formula is C21H25NO3. The van der Waals surface area contributed by atoms with E-state index in [4.69, 9.17) is 4.74 Å². The second-order valence-corrected chi connectivity index (χ2v) is 6.69. The van der Waals surface area contributed by atoms with Crippen molar-refractivity contribution in [3.63, 3.8) is 0 Å². The van der Waals surface area contributed by atoms with Crippen molar-refractivity contribution in [3.05, 3.63) is 46.7 Å². The molecule has 0 N–H and O–H groups in total. The average Bonchev–Trinajstić information content (AvgIpc) is 2.61. The Morgan fingerprint density at radius 1 is 1.16 bits per heavy atom. The molecule has 3 rings (SSSR count). The number of esters is 1. The number of fused-ring (bicyclic) bond motifs is 1. The van der Waals surface area contributed by atoms with Gasteiger partial charge in [0.15, 0.2) is 0 Å². The first-order valence-electron chi connectivity index (χ1n) is 9.13. The van der Waals surface area contributed by atoms with E-state index < -0.39 is 0 Å². The molecule has 0 spiro atoms. The van der Waals surface area contributed by atoms with Gasteiger partial charge in [0.1, 0.15) is 5.78 Å². The predicted molar refractivity (Wildman–Crippen MR) is 97.7 cm³/mol. The molecule has 1 fully saturated rings. The van der Waals surface area contributed by atoms with Crippen molar-refractivity contribution in [3.8, 4) is 0 Å². The molecule has 0 aromatic heterocycles. The molecule has 0 amide bonds. The van der Waals surface area contributed by atoms with E-state index in [0.717, 1.165) is 30.5 Å². The molecule has 132 valence electrons. The monoisotopic (exact) mass is 339 g/mol. The summed E-state index contributed by atoms with van der Waals surface area (Å²) in [5, 5.41) is 0. The maximum atomic E-state index is 12.7. The topological polar surface area (TPSA) is 55.7 Å². The first kappa shape index (κ1) is 17.6. The van der Waals surface area contributed by atoms with E-state index in [1.807, 2.05) is 19.1 Å². The normalized spacial score (nSPS) is 23.2. The number of hydrogen-bond acceptors (Lipinski definition) is 4. The van der Waals surface area contributed by atoms with E-state index in [1.165, 1.54) is 5.56 Å². The van der Waals surface area contributed by atoms with Gasteiger partial charge < -0.3 is 4.74 Å². The van der Waals surface area contributed by atoms with Gasteiger partial charge in [0, 0.05) is 23.7 Å². The maximum absolute atomic E-state index is 12.7. The number of nitrogens with zero attached hydrogens (tertiary/aromatic N) is 1. The van der Waals surface area contributed by atoms with Crippen LogP contribution in [0.3, 0.4) is 0 Å². The lowest BCUT2D eigenvalue weighted by Gasteiger charge is -2.35. The van der Waals surface area contributed by atoms with Crippen molar-refractivity contribution in [1.82, 2.24) is 0 Å². The number of hydrogen-bond donors (Lipinski definition) is 0. The van der Waals surface area contributed by atoms with Crippen molar-refractivity contribution in [2.24, 2.45) is 10.9 Å². The van der Waals surface area contributed by atoms with E-state index in [9.17, 15) is 9.59 Å². The summed E-state index contributed by atoms with van der Waals surface area (Å²) in [4.78, 5) is 30.0. The minimum atomic E-state index is -0.356. The maximum Gasteiger partial charge on any atom is 0.336 e. The highest BCUT2D eigenvalue weighted by atomic mass is 16.5. The Kier molecular flexibility index (Phi) is 5.16. The number of rotatable bonds is 4. The number of aryl methyl sites for hydroxylation is 1. The zero-order valence-electron chi connectivity index (χ0n) is 15.2. The smallest absolute Gasteiger partial charge is 0.336 e. The molecule has 4 heteroatoms. The van der Waals surface area contributed by atoms with Crippen LogP contribution >= 0.6 is 0 Å². The molecule has 1 aromatic rings. The van der Waals surface area contributed by atoms with Gasteiger partial charge in [-0.3, -0.25) is 9.79 Å². The van der Waals surface area contributed by atoms with Crippen LogP contribution in [-0.2, 0) is 20.7 Å². The van der Waals surface area contributed by atoms with Crippen molar-refractivity contribution in [2.75, 3.05) is 6.61 Å². The van der Waals surface area contributed by atoms with Crippen LogP contribution in [0, 0.1) is 5.92 Å². The van der Waals surface area contributed by atoms with Gasteiger partial charge in [-0.1, -0.05) is 31.2 Å². The third kappa shape index (κ3) is 3.30. The summed E-state index contributed by atoms with van der Waals surface area (Å²) in [6.07, 6.45) is 3.19. The second-order valence-electron chi connectivity index (χ2n) is 6.69. The Balaban J connectivity index is 2.11. The van der Waals surface area contributed by atoms with Crippen LogP contribution in [0.25, 0.3) is 0 Å². The largest absolute Gasteiger partial charge is 0.463 e. The molecule has 0 bridgehead atoms. The molecular weight excluding hydrogens is 314 g/mol. The van der Waals surface area contributed by atoms with Crippen LogP contribution < -0.4 is 0 Å². The van der Waals surface area contributed by atoms with Crippen LogP contribution in [0.2, 0.25) is 0 Å². The van der Waals surface area contributed by atoms with Crippen molar-refractivity contribution >= 4 is 17.5 Å². The molecule has 1 aromatic carbocycles. The fraction of sp³-hybridized carbons (Fsp3) is 0.476. The molecule has 2 atom stereocenters. The van der Waals surface area contributed by atoms with Gasteiger partial charge in [-0.05, 0) is 44.2 Å². The molecule has 1 heterocycles. The molecule has 1 saturated carbocycles. The van der Waals surface area contributed by atoms with Crippen LogP contribution in [0.1, 0.15) is 57.1 Å². The van der Waals surface area contributed by atoms with Gasteiger partial charge in [0.2, 0.25) is 0 Å². The summed E-state index contributed by atoms with van der Waals surface area (Å²) in [6, 6.07) is 8.24. The number of carbonyl (C=O) groups is 2. The Bertz CT molecular complexity index is 743. The van der Waals surface area contributed by atoms with Crippen LogP contribution in [0.15, 0.2) is 40.5 Å². The number of carbonyl (C=O) groups excluding carboxylic acids is 2. The average molecular weight is 339 g/mol. The van der Waals surface area contributed by atoms with E-state index >= 15 is 0 Å². The summed E-state index contributed by atoms with van der Waals surface area (Å²) in [7, 11) is 0. The van der Waals surface area contributed by atoms with Crippen LogP contribution in [-0.4, -0.2) is 24.1 Å². The molecule has 0 radical (unpaired) electrons. The Labute approximate surface area is 149 Å². The Morgan fingerprint density at radius 2 is 1.88 bits per heavy atom. The third-order valence-corrected chi connectivity index (χ3v) is 5.15. The second kappa shape index (κ2) is 7.34. The number of aliphatic imine (C=N–C) groups is 1. The lowest BCUT2D eigenvalue weighted by molar-refractivity contribution is -0.139. The van der Waals surface area contributed by atoms with Gasteiger partial charge >= 0.3 is 5.97 Å². The molecule has 1 unspecified atom stereocenters. The third-order valence-electron chi connectivity index (χ3n) is 5.15. The van der Waals surface area contributed by atoms with E-state index in [-0.39, 0.29) is 23.6 Å². The predicted octanol–water partition coefficient (Wildman–Crippen LogP) is 3.99. The lowest BCUT2D eigenvalue weighted by atomic mass is 9.69. The summed E-state index contributed by atoms with van der Waals surface area (Å²) in [6.45, 7) is 6.06. The number of ketones is 1. The van der Waals surface area contributed by atoms with Crippen molar-refractivity contribution in [1.29, 1.82) is 0 Å². The highest BCUT2D eigenvalue weighted by Gasteiger charge is 2.43. The van der Waals surface area contributed by atoms with Crippen molar-refractivity contribution < 1.29 is 14.3 Å². The summed E-state index contributed by atoms with van der Waals surface area (Å²) >= 11 is 0. The minimum Gasteiger partial charge on any atom is -0.463 e. The van der Waals surface area contributed by atoms with Gasteiger partial charge in [0.25, 0.3) is 0 Å². The highest BCUT2D eigenvalue weighted by molar-refractivity contribution is 6.11. The molecule has 25 heavy (non-hydrogen) atoms. The zero-order valence-corrected chi connectivity index (χ0v) is 15.2. The highest BCUT2D eigenvalue weighted by Crippen LogP contribution is 2.43. The fourth-order valence-corrected chi connectivity index (χ4v) is 3.91. The summed E-state index contributed by atoms with van der Waals surface area (Å²) in [5.74, 6) is -0.788. The van der Waals surface area contributed by atoms with Gasteiger partial charge in [-0.2, -0.15) is 0 Å². The van der Waals surface area contributed by atoms with Gasteiger partial charge in [-0.25, -0.2) is 4.79 Å². The van der Waals surface area contributed by atoms with E-state index in [1.54, 1.807) is 6.92 Å². The SMILES string of the molecule is CCOC(=O)C1=C(C)N=C2CCCC(=O)C2[C@H]1c1ccc(CC)cc1. The molecule has 2 aliphatic rings. The molecule has 1 aliphatic heterocycles. The van der Waals surface area contributed by atoms with Crippen molar-refractivity contribution in [2.45, 2.75) is 52.4 Å². The summed E-state index contributed by atoms with van der Waals surface area (Å²) in [5.41, 5.74) is 4.37. The van der Waals surface area contributed by atoms with Gasteiger partial charge in [0.05, 0.1) is 18.1 Å². The first-order chi connectivity index (χ1) is 12.1. The molecule has 0 saturated heterocycles. The minimum absolute atomic E-state index is 0.184. The summed E-state index contributed by atoms with van der Waals surface area (Å²) < 4.78 is 5.29. The number of ether oxygens (including phenoxy) is 1. The zero-order chi connectivity index (χ0) is 18.0. The first-order valence-corrected chi connectivity index (χ1v) is 9.13. The van der Waals surface area contributed by atoms with Crippen LogP contribution in [0.5, 0.6) is 0 Å². The number of allylic oxidation sites excluding steroid dienone is 1. The standard InChI is InChI=1S/C21H25NO3/c1-4-14-9-11-15(12-10-14)19-18(21(24)25-5-2)13(3)22-16-7-6-8-17(23)20(16)19/h9-12,19-20H,4-8H2,1-3H3/t19-,20?/m0/s1. The van der Waals surface area contributed by atoms with Crippen LogP contribution in [0.4, 0.5) is 0 Å².